The molecule has 0 aromatic heterocycles. The van der Waals surface area contributed by atoms with Gasteiger partial charge in [-0.3, -0.25) is 9.59 Å². The van der Waals surface area contributed by atoms with Crippen molar-refractivity contribution < 1.29 is 14.3 Å². The molecular weight excluding hydrogens is 342 g/mol. The summed E-state index contributed by atoms with van der Waals surface area (Å²) in [5.74, 6) is -0.166. The van der Waals surface area contributed by atoms with E-state index in [0.717, 1.165) is 25.9 Å². The zero-order valence-corrected chi connectivity index (χ0v) is 16.3. The van der Waals surface area contributed by atoms with E-state index in [1.54, 1.807) is 0 Å². The van der Waals surface area contributed by atoms with E-state index in [-0.39, 0.29) is 29.9 Å². The van der Waals surface area contributed by atoms with E-state index in [9.17, 15) is 9.59 Å². The van der Waals surface area contributed by atoms with Gasteiger partial charge >= 0.3 is 0 Å². The normalized spacial score (nSPS) is 23.9. The van der Waals surface area contributed by atoms with Gasteiger partial charge in [0.05, 0.1) is 12.1 Å². The van der Waals surface area contributed by atoms with Gasteiger partial charge in [-0.2, -0.15) is 0 Å². The van der Waals surface area contributed by atoms with Crippen molar-refractivity contribution >= 4 is 11.8 Å². The average molecular weight is 373 g/mol. The van der Waals surface area contributed by atoms with Crippen molar-refractivity contribution in [2.75, 3.05) is 13.2 Å². The summed E-state index contributed by atoms with van der Waals surface area (Å²) in [5, 5.41) is 9.24. The fraction of sp³-hybridized carbons (Fsp3) is 0.619. The number of hydrogen-bond donors (Lipinski definition) is 3. The largest absolute Gasteiger partial charge is 0.376 e. The highest BCUT2D eigenvalue weighted by Gasteiger charge is 2.31. The Bertz CT molecular complexity index is 658. The van der Waals surface area contributed by atoms with Crippen LogP contribution in [-0.2, 0) is 27.3 Å². The van der Waals surface area contributed by atoms with Crippen LogP contribution in [0.5, 0.6) is 0 Å². The molecule has 1 saturated heterocycles. The lowest BCUT2D eigenvalue weighted by atomic mass is 9.94. The lowest BCUT2D eigenvalue weighted by molar-refractivity contribution is -0.131. The molecule has 2 aliphatic heterocycles. The molecule has 0 aliphatic carbocycles. The zero-order chi connectivity index (χ0) is 19.2. The number of carbonyl (C=O) groups is 2. The van der Waals surface area contributed by atoms with Crippen LogP contribution in [-0.4, -0.2) is 43.2 Å². The number of nitrogens with one attached hydrogen (secondary N) is 3. The van der Waals surface area contributed by atoms with Gasteiger partial charge in [-0.1, -0.05) is 44.5 Å². The van der Waals surface area contributed by atoms with E-state index in [1.165, 1.54) is 11.1 Å². The molecule has 3 rings (SSSR count). The molecule has 148 valence electrons. The molecule has 0 spiro atoms. The first-order chi connectivity index (χ1) is 13.1. The highest BCUT2D eigenvalue weighted by Crippen LogP contribution is 2.17. The summed E-state index contributed by atoms with van der Waals surface area (Å²) in [5.41, 5.74) is 2.42. The van der Waals surface area contributed by atoms with E-state index in [2.05, 4.69) is 28.1 Å². The number of amides is 2. The van der Waals surface area contributed by atoms with Gasteiger partial charge in [0.15, 0.2) is 0 Å². The van der Waals surface area contributed by atoms with Crippen LogP contribution < -0.4 is 16.0 Å². The Labute approximate surface area is 161 Å². The van der Waals surface area contributed by atoms with Crippen LogP contribution in [0.2, 0.25) is 0 Å². The first-order valence-electron chi connectivity index (χ1n) is 10.1. The zero-order valence-electron chi connectivity index (χ0n) is 16.3. The lowest BCUT2D eigenvalue weighted by Gasteiger charge is -2.29. The molecule has 2 aliphatic rings. The van der Waals surface area contributed by atoms with Crippen molar-refractivity contribution in [3.8, 4) is 0 Å². The van der Waals surface area contributed by atoms with Crippen LogP contribution >= 0.6 is 0 Å². The van der Waals surface area contributed by atoms with Crippen molar-refractivity contribution in [3.63, 3.8) is 0 Å². The highest BCUT2D eigenvalue weighted by molar-refractivity contribution is 5.90. The summed E-state index contributed by atoms with van der Waals surface area (Å²) in [4.78, 5) is 25.5. The number of carbonyl (C=O) groups excluding carboxylic acids is 2. The Balaban J connectivity index is 1.58. The fourth-order valence-electron chi connectivity index (χ4n) is 3.73. The summed E-state index contributed by atoms with van der Waals surface area (Å²) in [7, 11) is 0. The molecule has 6 heteroatoms. The summed E-state index contributed by atoms with van der Waals surface area (Å²) in [6, 6.07) is 7.33. The molecule has 0 radical (unpaired) electrons. The molecule has 0 saturated carbocycles. The van der Waals surface area contributed by atoms with E-state index >= 15 is 0 Å². The highest BCUT2D eigenvalue weighted by atomic mass is 16.5. The monoisotopic (exact) mass is 373 g/mol. The molecule has 1 aromatic carbocycles. The summed E-state index contributed by atoms with van der Waals surface area (Å²) in [6.07, 6.45) is 3.58. The second kappa shape index (κ2) is 9.33. The standard InChI is InChI=1S/C21H31N3O3/c1-3-14(2)19(21(26)23-13-17-9-6-10-27-17)24-20(25)18-11-15-7-4-5-8-16(15)12-22-18/h4-5,7-8,14,17-19,22H,3,6,9-13H2,1-2H3,(H,23,26)(H,24,25)/t14-,17+,18-,19-/m0/s1. The van der Waals surface area contributed by atoms with Gasteiger partial charge in [-0.05, 0) is 36.3 Å². The predicted molar refractivity (Wildman–Crippen MR) is 104 cm³/mol. The molecule has 1 fully saturated rings. The molecule has 0 bridgehead atoms. The van der Waals surface area contributed by atoms with Gasteiger partial charge < -0.3 is 20.7 Å². The maximum atomic E-state index is 12.8. The lowest BCUT2D eigenvalue weighted by Crippen LogP contribution is -2.56. The van der Waals surface area contributed by atoms with Crippen molar-refractivity contribution in [2.45, 2.75) is 64.3 Å². The Hall–Kier alpha value is -1.92. The van der Waals surface area contributed by atoms with E-state index < -0.39 is 6.04 Å². The minimum Gasteiger partial charge on any atom is -0.376 e. The topological polar surface area (TPSA) is 79.5 Å². The van der Waals surface area contributed by atoms with Crippen molar-refractivity contribution in [3.05, 3.63) is 35.4 Å². The minimum absolute atomic E-state index is 0.0642. The van der Waals surface area contributed by atoms with Crippen molar-refractivity contribution in [2.24, 2.45) is 5.92 Å². The first-order valence-corrected chi connectivity index (χ1v) is 10.1. The Morgan fingerprint density at radius 1 is 1.30 bits per heavy atom. The second-order valence-corrected chi connectivity index (χ2v) is 7.66. The molecule has 0 unspecified atom stereocenters. The van der Waals surface area contributed by atoms with Gasteiger partial charge in [0.25, 0.3) is 0 Å². The molecule has 2 heterocycles. The van der Waals surface area contributed by atoms with Crippen LogP contribution in [0.3, 0.4) is 0 Å². The quantitative estimate of drug-likeness (QED) is 0.677. The van der Waals surface area contributed by atoms with Gasteiger partial charge in [-0.15, -0.1) is 0 Å². The summed E-state index contributed by atoms with van der Waals surface area (Å²) < 4.78 is 5.57. The maximum Gasteiger partial charge on any atom is 0.242 e. The minimum atomic E-state index is -0.525. The van der Waals surface area contributed by atoms with E-state index in [0.29, 0.717) is 19.5 Å². The van der Waals surface area contributed by atoms with Gasteiger partial charge in [0, 0.05) is 19.7 Å². The predicted octanol–water partition coefficient (Wildman–Crippen LogP) is 1.53. The maximum absolute atomic E-state index is 12.8. The third-order valence-corrected chi connectivity index (χ3v) is 5.72. The number of fused-ring (bicyclic) bond motifs is 1. The molecule has 4 atom stereocenters. The SMILES string of the molecule is CC[C@H](C)[C@H](NC(=O)[C@@H]1Cc2ccccc2CN1)C(=O)NC[C@H]1CCCO1. The Morgan fingerprint density at radius 2 is 2.07 bits per heavy atom. The number of hydrogen-bond acceptors (Lipinski definition) is 4. The smallest absolute Gasteiger partial charge is 0.242 e. The first kappa shape index (κ1) is 19.8. The van der Waals surface area contributed by atoms with Crippen LogP contribution in [0.25, 0.3) is 0 Å². The van der Waals surface area contributed by atoms with Gasteiger partial charge in [0.2, 0.25) is 11.8 Å². The molecule has 27 heavy (non-hydrogen) atoms. The van der Waals surface area contributed by atoms with Crippen molar-refractivity contribution in [1.82, 2.24) is 16.0 Å². The van der Waals surface area contributed by atoms with Gasteiger partial charge in [0.1, 0.15) is 6.04 Å². The summed E-state index contributed by atoms with van der Waals surface area (Å²) in [6.45, 7) is 5.98. The third-order valence-electron chi connectivity index (χ3n) is 5.72. The van der Waals surface area contributed by atoms with Crippen molar-refractivity contribution in [1.29, 1.82) is 0 Å². The van der Waals surface area contributed by atoms with E-state index in [4.69, 9.17) is 4.74 Å². The Kier molecular flexibility index (Phi) is 6.85. The van der Waals surface area contributed by atoms with Crippen LogP contribution in [0.15, 0.2) is 24.3 Å². The molecule has 2 amide bonds. The molecule has 6 nitrogen and oxygen atoms in total. The van der Waals surface area contributed by atoms with Gasteiger partial charge in [-0.25, -0.2) is 0 Å². The Morgan fingerprint density at radius 3 is 2.78 bits per heavy atom. The fourth-order valence-corrected chi connectivity index (χ4v) is 3.73. The second-order valence-electron chi connectivity index (χ2n) is 7.66. The van der Waals surface area contributed by atoms with Crippen LogP contribution in [0, 0.1) is 5.92 Å². The third kappa shape index (κ3) is 5.08. The number of benzene rings is 1. The van der Waals surface area contributed by atoms with Crippen LogP contribution in [0.1, 0.15) is 44.2 Å². The number of ether oxygens (including phenoxy) is 1. The summed E-state index contributed by atoms with van der Waals surface area (Å²) >= 11 is 0. The molecular formula is C21H31N3O3. The molecule has 3 N–H and O–H groups in total. The molecule has 1 aromatic rings. The van der Waals surface area contributed by atoms with Crippen LogP contribution in [0.4, 0.5) is 0 Å². The average Bonchev–Trinajstić information content (AvgIpc) is 3.22. The number of rotatable bonds is 7. The van der Waals surface area contributed by atoms with E-state index in [1.807, 2.05) is 26.0 Å².